The SMILES string of the molecule is Cc1cc(N)ccc1NS(=O)(=O)c1sccc1Br. The maximum absolute atomic E-state index is 12.2. The number of benzene rings is 1. The third-order valence-corrected chi connectivity index (χ3v) is 6.36. The van der Waals surface area contributed by atoms with Crippen LogP contribution in [-0.4, -0.2) is 8.42 Å². The topological polar surface area (TPSA) is 72.2 Å². The Bertz CT molecular complexity index is 680. The smallest absolute Gasteiger partial charge is 0.272 e. The number of aryl methyl sites for hydroxylation is 1. The number of rotatable bonds is 3. The average Bonchev–Trinajstić information content (AvgIpc) is 2.69. The van der Waals surface area contributed by atoms with Gasteiger partial charge in [0.05, 0.1) is 5.69 Å². The van der Waals surface area contributed by atoms with E-state index in [4.69, 9.17) is 5.73 Å². The molecule has 1 heterocycles. The van der Waals surface area contributed by atoms with Gasteiger partial charge in [-0.2, -0.15) is 0 Å². The Hall–Kier alpha value is -1.05. The van der Waals surface area contributed by atoms with Gasteiger partial charge in [0.1, 0.15) is 0 Å². The predicted octanol–water partition coefficient (Wildman–Crippen LogP) is 3.20. The fraction of sp³-hybridized carbons (Fsp3) is 0.0909. The minimum absolute atomic E-state index is 0.263. The number of halogens is 1. The molecule has 0 aliphatic heterocycles. The minimum atomic E-state index is -3.56. The van der Waals surface area contributed by atoms with Gasteiger partial charge in [0.2, 0.25) is 0 Å². The Balaban J connectivity index is 2.37. The molecular weight excluding hydrogens is 336 g/mol. The monoisotopic (exact) mass is 346 g/mol. The Morgan fingerprint density at radius 3 is 2.61 bits per heavy atom. The molecule has 7 heteroatoms. The van der Waals surface area contributed by atoms with E-state index in [1.54, 1.807) is 36.6 Å². The number of nitrogen functional groups attached to an aromatic ring is 1. The highest BCUT2D eigenvalue weighted by Crippen LogP contribution is 2.30. The van der Waals surface area contributed by atoms with Crippen LogP contribution in [0.1, 0.15) is 5.56 Å². The highest BCUT2D eigenvalue weighted by Gasteiger charge is 2.19. The summed E-state index contributed by atoms with van der Waals surface area (Å²) in [5, 5.41) is 1.72. The zero-order valence-corrected chi connectivity index (χ0v) is 12.7. The van der Waals surface area contributed by atoms with E-state index in [0.717, 1.165) is 16.9 Å². The second-order valence-electron chi connectivity index (χ2n) is 3.74. The first kappa shape index (κ1) is 13.4. The van der Waals surface area contributed by atoms with Crippen molar-refractivity contribution in [2.45, 2.75) is 11.1 Å². The van der Waals surface area contributed by atoms with Gasteiger partial charge in [-0.1, -0.05) is 0 Å². The highest BCUT2D eigenvalue weighted by atomic mass is 79.9. The van der Waals surface area contributed by atoms with Crippen molar-refractivity contribution in [3.05, 3.63) is 39.7 Å². The van der Waals surface area contributed by atoms with Crippen LogP contribution in [0.15, 0.2) is 38.3 Å². The summed E-state index contributed by atoms with van der Waals surface area (Å²) in [6.07, 6.45) is 0. The summed E-state index contributed by atoms with van der Waals surface area (Å²) < 4.78 is 27.7. The Labute approximate surface area is 118 Å². The molecule has 0 radical (unpaired) electrons. The number of thiophene rings is 1. The van der Waals surface area contributed by atoms with Crippen LogP contribution in [0.4, 0.5) is 11.4 Å². The van der Waals surface area contributed by atoms with E-state index in [0.29, 0.717) is 15.8 Å². The lowest BCUT2D eigenvalue weighted by Gasteiger charge is -2.10. The van der Waals surface area contributed by atoms with Crippen LogP contribution in [0.25, 0.3) is 0 Å². The van der Waals surface area contributed by atoms with Gasteiger partial charge in [-0.3, -0.25) is 4.72 Å². The molecule has 0 spiro atoms. The lowest BCUT2D eigenvalue weighted by Crippen LogP contribution is -2.13. The van der Waals surface area contributed by atoms with Crippen molar-refractivity contribution in [1.82, 2.24) is 0 Å². The molecule has 0 saturated heterocycles. The molecule has 1 aromatic carbocycles. The van der Waals surface area contributed by atoms with Crippen molar-refractivity contribution in [3.8, 4) is 0 Å². The van der Waals surface area contributed by atoms with E-state index in [2.05, 4.69) is 20.7 Å². The molecule has 3 N–H and O–H groups in total. The quantitative estimate of drug-likeness (QED) is 0.838. The molecule has 2 aromatic rings. The van der Waals surface area contributed by atoms with Crippen LogP contribution >= 0.6 is 27.3 Å². The molecule has 0 unspecified atom stereocenters. The van der Waals surface area contributed by atoms with E-state index in [9.17, 15) is 8.42 Å². The van der Waals surface area contributed by atoms with Crippen molar-refractivity contribution in [1.29, 1.82) is 0 Å². The fourth-order valence-electron chi connectivity index (χ4n) is 1.46. The minimum Gasteiger partial charge on any atom is -0.399 e. The van der Waals surface area contributed by atoms with Gasteiger partial charge in [0.25, 0.3) is 10.0 Å². The first-order valence-electron chi connectivity index (χ1n) is 5.02. The molecule has 1 aromatic heterocycles. The lowest BCUT2D eigenvalue weighted by atomic mass is 10.2. The van der Waals surface area contributed by atoms with Gasteiger partial charge in [0, 0.05) is 10.2 Å². The van der Waals surface area contributed by atoms with Crippen molar-refractivity contribution in [2.24, 2.45) is 0 Å². The van der Waals surface area contributed by atoms with Crippen molar-refractivity contribution >= 4 is 48.7 Å². The molecular formula is C11H11BrN2O2S2. The van der Waals surface area contributed by atoms with Gasteiger partial charge in [-0.25, -0.2) is 8.42 Å². The first-order valence-corrected chi connectivity index (χ1v) is 8.17. The van der Waals surface area contributed by atoms with E-state index in [1.165, 1.54) is 0 Å². The highest BCUT2D eigenvalue weighted by molar-refractivity contribution is 9.10. The van der Waals surface area contributed by atoms with Crippen LogP contribution in [0.5, 0.6) is 0 Å². The zero-order valence-electron chi connectivity index (χ0n) is 9.48. The number of nitrogens with two attached hydrogens (primary N) is 1. The standard InChI is InChI=1S/C11H11BrN2O2S2/c1-7-6-8(13)2-3-10(7)14-18(15,16)11-9(12)4-5-17-11/h2-6,14H,13H2,1H3. The molecule has 96 valence electrons. The molecule has 4 nitrogen and oxygen atoms in total. The third-order valence-electron chi connectivity index (χ3n) is 2.32. The summed E-state index contributed by atoms with van der Waals surface area (Å²) in [5.74, 6) is 0. The van der Waals surface area contributed by atoms with E-state index < -0.39 is 10.0 Å². The van der Waals surface area contributed by atoms with Crippen LogP contribution in [-0.2, 0) is 10.0 Å². The Morgan fingerprint density at radius 2 is 2.06 bits per heavy atom. The molecule has 0 atom stereocenters. The first-order chi connectivity index (χ1) is 8.40. The summed E-state index contributed by atoms with van der Waals surface area (Å²) in [4.78, 5) is 0. The van der Waals surface area contributed by atoms with E-state index in [-0.39, 0.29) is 4.21 Å². The van der Waals surface area contributed by atoms with E-state index >= 15 is 0 Å². The van der Waals surface area contributed by atoms with Crippen molar-refractivity contribution < 1.29 is 8.42 Å². The maximum atomic E-state index is 12.2. The Morgan fingerprint density at radius 1 is 1.33 bits per heavy atom. The summed E-state index contributed by atoms with van der Waals surface area (Å²) in [6, 6.07) is 6.74. The number of hydrogen-bond donors (Lipinski definition) is 2. The van der Waals surface area contributed by atoms with Crippen molar-refractivity contribution in [2.75, 3.05) is 10.5 Å². The predicted molar refractivity (Wildman–Crippen MR) is 78.4 cm³/mol. The normalized spacial score (nSPS) is 11.4. The molecule has 18 heavy (non-hydrogen) atoms. The van der Waals surface area contributed by atoms with Gasteiger partial charge in [-0.15, -0.1) is 11.3 Å². The summed E-state index contributed by atoms with van der Waals surface area (Å²) in [5.41, 5.74) is 7.55. The molecule has 0 fully saturated rings. The second kappa shape index (κ2) is 4.91. The van der Waals surface area contributed by atoms with Gasteiger partial charge in [0.15, 0.2) is 4.21 Å². The zero-order chi connectivity index (χ0) is 13.3. The number of hydrogen-bond acceptors (Lipinski definition) is 4. The molecule has 0 aliphatic rings. The molecule has 2 rings (SSSR count). The number of anilines is 2. The number of sulfonamides is 1. The second-order valence-corrected chi connectivity index (χ2v) is 7.38. The van der Waals surface area contributed by atoms with Gasteiger partial charge < -0.3 is 5.73 Å². The van der Waals surface area contributed by atoms with Crippen LogP contribution in [0.3, 0.4) is 0 Å². The van der Waals surface area contributed by atoms with Crippen LogP contribution in [0.2, 0.25) is 0 Å². The largest absolute Gasteiger partial charge is 0.399 e. The summed E-state index contributed by atoms with van der Waals surface area (Å²) in [6.45, 7) is 1.80. The summed E-state index contributed by atoms with van der Waals surface area (Å²) >= 11 is 4.38. The van der Waals surface area contributed by atoms with Crippen molar-refractivity contribution in [3.63, 3.8) is 0 Å². The molecule has 0 saturated carbocycles. The molecule has 0 bridgehead atoms. The van der Waals surface area contributed by atoms with Gasteiger partial charge >= 0.3 is 0 Å². The summed E-state index contributed by atoms with van der Waals surface area (Å²) in [7, 11) is -3.56. The number of nitrogens with one attached hydrogen (secondary N) is 1. The Kier molecular flexibility index (Phi) is 3.65. The average molecular weight is 347 g/mol. The van der Waals surface area contributed by atoms with Crippen LogP contribution < -0.4 is 10.5 Å². The third kappa shape index (κ3) is 2.68. The molecule has 0 aliphatic carbocycles. The molecule has 0 amide bonds. The maximum Gasteiger partial charge on any atom is 0.272 e. The van der Waals surface area contributed by atoms with Gasteiger partial charge in [-0.05, 0) is 58.1 Å². The lowest BCUT2D eigenvalue weighted by molar-refractivity contribution is 0.603. The van der Waals surface area contributed by atoms with E-state index in [1.807, 2.05) is 0 Å². The van der Waals surface area contributed by atoms with Crippen LogP contribution in [0, 0.1) is 6.92 Å². The fourth-order valence-corrected chi connectivity index (χ4v) is 4.93.